The van der Waals surface area contributed by atoms with Gasteiger partial charge in [0, 0.05) is 17.5 Å². The molecule has 4 nitrogen and oxygen atoms in total. The third kappa shape index (κ3) is 3.22. The van der Waals surface area contributed by atoms with Crippen molar-refractivity contribution in [2.45, 2.75) is 24.7 Å². The number of hydrogen-bond acceptors (Lipinski definition) is 5. The number of thioether (sulfide) groups is 1. The van der Waals surface area contributed by atoms with E-state index in [0.29, 0.717) is 0 Å². The number of nitrogens with one attached hydrogen (secondary N) is 2. The largest absolute Gasteiger partial charge is 0.373 e. The number of rotatable bonds is 6. The number of benzene rings is 1. The van der Waals surface area contributed by atoms with Gasteiger partial charge in [0.2, 0.25) is 0 Å². The molecule has 0 aliphatic carbocycles. The standard InChI is InChI=1S/C15H20N4S/c1-4-7-11-14(16-2)17-10-18-15(11)19-12-8-5-6-9-13(12)20-3/h5-6,8-10H,4,7H2,1-3H3,(H2,16,17,18,19). The van der Waals surface area contributed by atoms with Gasteiger partial charge in [0.05, 0.1) is 5.69 Å². The van der Waals surface area contributed by atoms with Crippen LogP contribution < -0.4 is 10.6 Å². The minimum absolute atomic E-state index is 0.882. The van der Waals surface area contributed by atoms with Gasteiger partial charge in [-0.25, -0.2) is 9.97 Å². The molecule has 0 fully saturated rings. The number of nitrogens with zero attached hydrogens (tertiary/aromatic N) is 2. The van der Waals surface area contributed by atoms with Crippen molar-refractivity contribution in [2.24, 2.45) is 0 Å². The highest BCUT2D eigenvalue weighted by Gasteiger charge is 2.11. The molecule has 0 bridgehead atoms. The van der Waals surface area contributed by atoms with Crippen molar-refractivity contribution in [3.05, 3.63) is 36.2 Å². The Balaban J connectivity index is 2.37. The second-order valence-electron chi connectivity index (χ2n) is 4.37. The Morgan fingerprint density at radius 3 is 2.60 bits per heavy atom. The van der Waals surface area contributed by atoms with Crippen LogP contribution in [-0.2, 0) is 6.42 Å². The summed E-state index contributed by atoms with van der Waals surface area (Å²) in [6, 6.07) is 8.25. The number of para-hydroxylation sites is 1. The Labute approximate surface area is 124 Å². The monoisotopic (exact) mass is 288 g/mol. The lowest BCUT2D eigenvalue weighted by Crippen LogP contribution is -2.06. The van der Waals surface area contributed by atoms with Crippen LogP contribution in [-0.4, -0.2) is 23.3 Å². The van der Waals surface area contributed by atoms with Gasteiger partial charge in [-0.15, -0.1) is 11.8 Å². The van der Waals surface area contributed by atoms with Crippen LogP contribution in [0.15, 0.2) is 35.5 Å². The molecule has 0 radical (unpaired) electrons. The normalized spacial score (nSPS) is 10.3. The first-order valence-corrected chi connectivity index (χ1v) is 7.94. The first-order valence-electron chi connectivity index (χ1n) is 6.71. The average Bonchev–Trinajstić information content (AvgIpc) is 2.49. The first kappa shape index (κ1) is 14.7. The number of hydrogen-bond donors (Lipinski definition) is 2. The molecule has 2 aromatic rings. The molecule has 20 heavy (non-hydrogen) atoms. The van der Waals surface area contributed by atoms with Crippen LogP contribution >= 0.6 is 11.8 Å². The van der Waals surface area contributed by atoms with Gasteiger partial charge >= 0.3 is 0 Å². The lowest BCUT2D eigenvalue weighted by Gasteiger charge is -2.15. The van der Waals surface area contributed by atoms with Crippen LogP contribution in [0.2, 0.25) is 0 Å². The molecule has 2 N–H and O–H groups in total. The Morgan fingerprint density at radius 2 is 1.90 bits per heavy atom. The molecule has 0 aliphatic rings. The maximum absolute atomic E-state index is 4.41. The fourth-order valence-electron chi connectivity index (χ4n) is 2.10. The van der Waals surface area contributed by atoms with E-state index < -0.39 is 0 Å². The lowest BCUT2D eigenvalue weighted by atomic mass is 10.1. The number of aromatic nitrogens is 2. The smallest absolute Gasteiger partial charge is 0.139 e. The van der Waals surface area contributed by atoms with Gasteiger partial charge in [0.15, 0.2) is 0 Å². The van der Waals surface area contributed by atoms with E-state index in [2.05, 4.69) is 45.9 Å². The van der Waals surface area contributed by atoms with Crippen LogP contribution in [0, 0.1) is 0 Å². The molecule has 1 heterocycles. The van der Waals surface area contributed by atoms with Crippen molar-refractivity contribution >= 4 is 29.1 Å². The van der Waals surface area contributed by atoms with Gasteiger partial charge in [-0.3, -0.25) is 0 Å². The average molecular weight is 288 g/mol. The van der Waals surface area contributed by atoms with E-state index in [1.165, 1.54) is 4.90 Å². The van der Waals surface area contributed by atoms with Crippen LogP contribution in [0.25, 0.3) is 0 Å². The van der Waals surface area contributed by atoms with Crippen LogP contribution in [0.4, 0.5) is 17.3 Å². The van der Waals surface area contributed by atoms with E-state index in [1.807, 2.05) is 19.2 Å². The molecule has 0 spiro atoms. The zero-order valence-electron chi connectivity index (χ0n) is 12.1. The van der Waals surface area contributed by atoms with Gasteiger partial charge in [-0.1, -0.05) is 25.5 Å². The summed E-state index contributed by atoms with van der Waals surface area (Å²) in [4.78, 5) is 9.91. The van der Waals surface area contributed by atoms with Crippen molar-refractivity contribution in [1.29, 1.82) is 0 Å². The third-order valence-electron chi connectivity index (χ3n) is 3.04. The molecule has 0 unspecified atom stereocenters. The van der Waals surface area contributed by atoms with Crippen molar-refractivity contribution in [1.82, 2.24) is 9.97 Å². The van der Waals surface area contributed by atoms with E-state index in [1.54, 1.807) is 18.1 Å². The van der Waals surface area contributed by atoms with Crippen LogP contribution in [0.5, 0.6) is 0 Å². The minimum Gasteiger partial charge on any atom is -0.373 e. The molecule has 2 rings (SSSR count). The van der Waals surface area contributed by atoms with E-state index in [9.17, 15) is 0 Å². The molecule has 106 valence electrons. The highest BCUT2D eigenvalue weighted by atomic mass is 32.2. The first-order chi connectivity index (χ1) is 9.80. The molecule has 5 heteroatoms. The van der Waals surface area contributed by atoms with Gasteiger partial charge in [0.25, 0.3) is 0 Å². The van der Waals surface area contributed by atoms with E-state index in [-0.39, 0.29) is 0 Å². The molecule has 0 amide bonds. The van der Waals surface area contributed by atoms with Gasteiger partial charge in [-0.05, 0) is 24.8 Å². The van der Waals surface area contributed by atoms with E-state index in [0.717, 1.165) is 35.7 Å². The lowest BCUT2D eigenvalue weighted by molar-refractivity contribution is 0.905. The molecular weight excluding hydrogens is 268 g/mol. The Bertz CT molecular complexity index is 572. The van der Waals surface area contributed by atoms with E-state index >= 15 is 0 Å². The zero-order valence-corrected chi connectivity index (χ0v) is 12.9. The Morgan fingerprint density at radius 1 is 1.15 bits per heavy atom. The highest BCUT2D eigenvalue weighted by molar-refractivity contribution is 7.98. The summed E-state index contributed by atoms with van der Waals surface area (Å²) in [5.41, 5.74) is 2.21. The molecule has 0 saturated carbocycles. The molecule has 0 aliphatic heterocycles. The summed E-state index contributed by atoms with van der Waals surface area (Å²) in [6.07, 6.45) is 5.67. The van der Waals surface area contributed by atoms with Crippen molar-refractivity contribution in [2.75, 3.05) is 23.9 Å². The third-order valence-corrected chi connectivity index (χ3v) is 3.84. The van der Waals surface area contributed by atoms with Crippen LogP contribution in [0.3, 0.4) is 0 Å². The molecule has 0 atom stereocenters. The zero-order chi connectivity index (χ0) is 14.4. The summed E-state index contributed by atoms with van der Waals surface area (Å²) in [5, 5.41) is 6.58. The molecule has 1 aromatic carbocycles. The summed E-state index contributed by atoms with van der Waals surface area (Å²) < 4.78 is 0. The number of anilines is 3. The maximum Gasteiger partial charge on any atom is 0.139 e. The van der Waals surface area contributed by atoms with Crippen LogP contribution in [0.1, 0.15) is 18.9 Å². The molecular formula is C15H20N4S. The summed E-state index contributed by atoms with van der Waals surface area (Å²) in [5.74, 6) is 1.78. The van der Waals surface area contributed by atoms with Gasteiger partial charge in [0.1, 0.15) is 18.0 Å². The topological polar surface area (TPSA) is 49.8 Å². The molecule has 1 aromatic heterocycles. The summed E-state index contributed by atoms with van der Waals surface area (Å²) in [7, 11) is 1.89. The minimum atomic E-state index is 0.882. The van der Waals surface area contributed by atoms with Gasteiger partial charge < -0.3 is 10.6 Å². The SMILES string of the molecule is CCCc1c(NC)ncnc1Nc1ccccc1SC. The maximum atomic E-state index is 4.41. The highest BCUT2D eigenvalue weighted by Crippen LogP contribution is 2.30. The predicted molar refractivity (Wildman–Crippen MR) is 87.1 cm³/mol. The molecule has 0 saturated heterocycles. The van der Waals surface area contributed by atoms with E-state index in [4.69, 9.17) is 0 Å². The van der Waals surface area contributed by atoms with Crippen molar-refractivity contribution < 1.29 is 0 Å². The fourth-order valence-corrected chi connectivity index (χ4v) is 2.65. The fraction of sp³-hybridized carbons (Fsp3) is 0.333. The quantitative estimate of drug-likeness (QED) is 0.789. The summed E-state index contributed by atoms with van der Waals surface area (Å²) >= 11 is 1.72. The Kier molecular flexibility index (Phi) is 5.24. The summed E-state index contributed by atoms with van der Waals surface area (Å²) in [6.45, 7) is 2.16. The predicted octanol–water partition coefficient (Wildman–Crippen LogP) is 3.94. The van der Waals surface area contributed by atoms with Crippen molar-refractivity contribution in [3.63, 3.8) is 0 Å². The second-order valence-corrected chi connectivity index (χ2v) is 5.22. The van der Waals surface area contributed by atoms with Gasteiger partial charge in [-0.2, -0.15) is 0 Å². The van der Waals surface area contributed by atoms with Crippen molar-refractivity contribution in [3.8, 4) is 0 Å². The Hall–Kier alpha value is -1.75. The second kappa shape index (κ2) is 7.14.